The van der Waals surface area contributed by atoms with Gasteiger partial charge in [-0.3, -0.25) is 9.59 Å². The zero-order valence-corrected chi connectivity index (χ0v) is 27.1. The SMILES string of the molecule is CCCCCCCCCCCCOCCCCCCCCCCCC.O=C(O)CS.O=C(O)CS.OCCO. The van der Waals surface area contributed by atoms with E-state index < -0.39 is 11.9 Å². The monoisotopic (exact) mass is 600 g/mol. The van der Waals surface area contributed by atoms with Gasteiger partial charge in [0.05, 0.1) is 24.7 Å². The molecule has 0 amide bonds. The van der Waals surface area contributed by atoms with Gasteiger partial charge in [0.15, 0.2) is 0 Å². The number of hydrogen-bond donors (Lipinski definition) is 6. The number of aliphatic hydroxyl groups is 2. The molecule has 0 aromatic heterocycles. The Morgan fingerprint density at radius 3 is 0.872 bits per heavy atom. The zero-order chi connectivity index (χ0) is 30.2. The minimum absolute atomic E-state index is 0.0833. The fraction of sp³-hybridized carbons (Fsp3) is 0.933. The van der Waals surface area contributed by atoms with Crippen LogP contribution in [0.3, 0.4) is 0 Å². The summed E-state index contributed by atoms with van der Waals surface area (Å²) in [6, 6.07) is 0. The van der Waals surface area contributed by atoms with E-state index >= 15 is 0 Å². The molecule has 0 radical (unpaired) electrons. The van der Waals surface area contributed by atoms with Crippen molar-refractivity contribution in [3.8, 4) is 0 Å². The molecule has 39 heavy (non-hydrogen) atoms. The van der Waals surface area contributed by atoms with Crippen molar-refractivity contribution in [3.05, 3.63) is 0 Å². The number of carbonyl (C=O) groups is 2. The van der Waals surface area contributed by atoms with E-state index in [4.69, 9.17) is 25.2 Å². The summed E-state index contributed by atoms with van der Waals surface area (Å²) in [5.74, 6) is -1.93. The topological polar surface area (TPSA) is 124 Å². The Morgan fingerprint density at radius 2 is 0.692 bits per heavy atom. The maximum Gasteiger partial charge on any atom is 0.313 e. The van der Waals surface area contributed by atoms with Crippen molar-refractivity contribution in [1.29, 1.82) is 0 Å². The van der Waals surface area contributed by atoms with Gasteiger partial charge in [0, 0.05) is 13.2 Å². The van der Waals surface area contributed by atoms with Crippen LogP contribution in [0.4, 0.5) is 0 Å². The molecule has 0 aliphatic carbocycles. The fourth-order valence-electron chi connectivity index (χ4n) is 3.49. The van der Waals surface area contributed by atoms with Gasteiger partial charge in [0.25, 0.3) is 0 Å². The summed E-state index contributed by atoms with van der Waals surface area (Å²) in [6.07, 6.45) is 28.2. The van der Waals surface area contributed by atoms with E-state index in [2.05, 4.69) is 39.1 Å². The predicted molar refractivity (Wildman–Crippen MR) is 172 cm³/mol. The first-order valence-corrected chi connectivity index (χ1v) is 16.6. The normalized spacial score (nSPS) is 9.90. The molecule has 238 valence electrons. The highest BCUT2D eigenvalue weighted by Crippen LogP contribution is 2.12. The maximum absolute atomic E-state index is 9.29. The number of unbranched alkanes of at least 4 members (excludes halogenated alkanes) is 18. The van der Waals surface area contributed by atoms with Crippen LogP contribution in [-0.2, 0) is 14.3 Å². The Labute approximate surface area is 251 Å². The van der Waals surface area contributed by atoms with Gasteiger partial charge >= 0.3 is 11.9 Å². The van der Waals surface area contributed by atoms with Crippen molar-refractivity contribution < 1.29 is 34.8 Å². The van der Waals surface area contributed by atoms with Crippen LogP contribution in [0.2, 0.25) is 0 Å². The second kappa shape index (κ2) is 47.3. The summed E-state index contributed by atoms with van der Waals surface area (Å²) in [5, 5.41) is 30.5. The van der Waals surface area contributed by atoms with Crippen LogP contribution < -0.4 is 0 Å². The molecule has 9 heteroatoms. The van der Waals surface area contributed by atoms with Gasteiger partial charge in [-0.15, -0.1) is 0 Å². The second-order valence-electron chi connectivity index (χ2n) is 9.53. The van der Waals surface area contributed by atoms with Crippen molar-refractivity contribution in [1.82, 2.24) is 0 Å². The van der Waals surface area contributed by atoms with Crippen LogP contribution in [0.25, 0.3) is 0 Å². The summed E-state index contributed by atoms with van der Waals surface area (Å²) >= 11 is 6.83. The Morgan fingerprint density at radius 1 is 0.487 bits per heavy atom. The lowest BCUT2D eigenvalue weighted by molar-refractivity contribution is -0.134. The average molecular weight is 601 g/mol. The average Bonchev–Trinajstić information content (AvgIpc) is 2.94. The van der Waals surface area contributed by atoms with Gasteiger partial charge < -0.3 is 25.2 Å². The molecule has 0 aliphatic heterocycles. The minimum Gasteiger partial charge on any atom is -0.481 e. The number of ether oxygens (including phenoxy) is 1. The number of aliphatic carboxylic acids is 2. The van der Waals surface area contributed by atoms with Crippen LogP contribution in [0.15, 0.2) is 0 Å². The molecular weight excluding hydrogens is 536 g/mol. The van der Waals surface area contributed by atoms with Crippen LogP contribution >= 0.6 is 25.3 Å². The molecule has 4 N–H and O–H groups in total. The molecule has 0 saturated carbocycles. The molecule has 0 aliphatic rings. The van der Waals surface area contributed by atoms with Crippen molar-refractivity contribution in [3.63, 3.8) is 0 Å². The second-order valence-corrected chi connectivity index (χ2v) is 10.2. The van der Waals surface area contributed by atoms with Crippen molar-refractivity contribution in [2.75, 3.05) is 37.9 Å². The number of thiol groups is 2. The molecule has 0 aromatic carbocycles. The zero-order valence-electron chi connectivity index (χ0n) is 25.3. The Hall–Kier alpha value is -0.480. The van der Waals surface area contributed by atoms with Gasteiger partial charge in [0.1, 0.15) is 0 Å². The first kappa shape index (κ1) is 45.5. The van der Waals surface area contributed by atoms with E-state index in [-0.39, 0.29) is 24.7 Å². The Balaban J connectivity index is -0.000000356. The van der Waals surface area contributed by atoms with Gasteiger partial charge in [-0.25, -0.2) is 0 Å². The third-order valence-electron chi connectivity index (χ3n) is 5.65. The highest BCUT2D eigenvalue weighted by Gasteiger charge is 1.95. The van der Waals surface area contributed by atoms with Crippen LogP contribution in [-0.4, -0.2) is 70.3 Å². The van der Waals surface area contributed by atoms with Gasteiger partial charge in [-0.1, -0.05) is 129 Å². The molecular formula is C30H64O7S2. The summed E-state index contributed by atoms with van der Waals surface area (Å²) in [4.78, 5) is 18.6. The number of rotatable bonds is 25. The van der Waals surface area contributed by atoms with E-state index in [0.717, 1.165) is 13.2 Å². The molecule has 0 rings (SSSR count). The van der Waals surface area contributed by atoms with Gasteiger partial charge in [-0.2, -0.15) is 25.3 Å². The summed E-state index contributed by atoms with van der Waals surface area (Å²) in [6.45, 7) is 6.32. The van der Waals surface area contributed by atoms with Crippen molar-refractivity contribution in [2.24, 2.45) is 0 Å². The third kappa shape index (κ3) is 67.3. The lowest BCUT2D eigenvalue weighted by atomic mass is 10.1. The van der Waals surface area contributed by atoms with Crippen LogP contribution in [0.1, 0.15) is 142 Å². The molecule has 0 spiro atoms. The van der Waals surface area contributed by atoms with Crippen LogP contribution in [0, 0.1) is 0 Å². The van der Waals surface area contributed by atoms with Crippen molar-refractivity contribution >= 4 is 37.2 Å². The molecule has 0 heterocycles. The van der Waals surface area contributed by atoms with Gasteiger partial charge in [0.2, 0.25) is 0 Å². The maximum atomic E-state index is 9.29. The first-order chi connectivity index (χ1) is 18.9. The molecule has 0 fully saturated rings. The number of hydrogen-bond acceptors (Lipinski definition) is 7. The van der Waals surface area contributed by atoms with Gasteiger partial charge in [-0.05, 0) is 12.8 Å². The van der Waals surface area contributed by atoms with E-state index in [1.54, 1.807) is 0 Å². The smallest absolute Gasteiger partial charge is 0.313 e. The molecule has 0 aromatic rings. The summed E-state index contributed by atoms with van der Waals surface area (Å²) < 4.78 is 5.78. The Kier molecular flexibility index (Phi) is 55.2. The molecule has 0 atom stereocenters. The summed E-state index contributed by atoms with van der Waals surface area (Å²) in [5.41, 5.74) is 0. The lowest BCUT2D eigenvalue weighted by Gasteiger charge is -2.05. The van der Waals surface area contributed by atoms with E-state index in [1.807, 2.05) is 0 Å². The molecule has 0 bridgehead atoms. The van der Waals surface area contributed by atoms with Crippen molar-refractivity contribution in [2.45, 2.75) is 142 Å². The quantitative estimate of drug-likeness (QED) is 0.0466. The highest BCUT2D eigenvalue weighted by molar-refractivity contribution is 7.81. The van der Waals surface area contributed by atoms with E-state index in [1.165, 1.54) is 128 Å². The number of aliphatic hydroxyl groups excluding tert-OH is 2. The molecule has 0 saturated heterocycles. The molecule has 7 nitrogen and oxygen atoms in total. The number of carboxylic acid groups (broad SMARTS) is 2. The minimum atomic E-state index is -0.881. The number of carboxylic acids is 2. The van der Waals surface area contributed by atoms with Crippen LogP contribution in [0.5, 0.6) is 0 Å². The van der Waals surface area contributed by atoms with E-state index in [9.17, 15) is 9.59 Å². The highest BCUT2D eigenvalue weighted by atomic mass is 32.1. The molecule has 0 unspecified atom stereocenters. The Bertz CT molecular complexity index is 404. The standard InChI is InChI=1S/C24H50O.2C2H4O2S.C2H6O2/c1-3-5-7-9-11-13-15-17-19-21-23-25-24-22-20-18-16-14-12-10-8-6-4-2;2*3-2(4)1-5;3-1-2-4/h3-24H2,1-2H3;2*5H,1H2,(H,3,4);3-4H,1-2H2. The predicted octanol–water partition coefficient (Wildman–Crippen LogP) is 7.82. The van der Waals surface area contributed by atoms with E-state index in [0.29, 0.717) is 0 Å². The fourth-order valence-corrected chi connectivity index (χ4v) is 3.49. The largest absolute Gasteiger partial charge is 0.481 e. The third-order valence-corrected chi connectivity index (χ3v) is 6.20. The first-order valence-electron chi connectivity index (χ1n) is 15.3. The lowest BCUT2D eigenvalue weighted by Crippen LogP contribution is -1.97. The summed E-state index contributed by atoms with van der Waals surface area (Å²) in [7, 11) is 0.